The van der Waals surface area contributed by atoms with Gasteiger partial charge in [0, 0.05) is 23.3 Å². The van der Waals surface area contributed by atoms with Crippen molar-refractivity contribution in [1.82, 2.24) is 16.0 Å². The first-order valence-electron chi connectivity index (χ1n) is 8.42. The van der Waals surface area contributed by atoms with Crippen molar-refractivity contribution in [3.63, 3.8) is 0 Å². The summed E-state index contributed by atoms with van der Waals surface area (Å²) in [6.45, 7) is 6.32. The standard InChI is InChI=1S/C18H24ClN3O3/c1-4-14-16(17(23)25-5-2)15(22-18(24)21-14)10-20-11(3)12-6-8-13(19)9-7-12/h6-9,11,14,20H,4-5,10H2,1-3H3,(H2,21,22,24)/t11-,14-/m0/s1. The van der Waals surface area contributed by atoms with Crippen molar-refractivity contribution >= 4 is 23.6 Å². The van der Waals surface area contributed by atoms with E-state index in [0.29, 0.717) is 29.3 Å². The third kappa shape index (κ3) is 4.96. The number of halogens is 1. The second-order valence-corrected chi connectivity index (χ2v) is 6.26. The van der Waals surface area contributed by atoms with E-state index in [1.54, 1.807) is 6.92 Å². The normalized spacial score (nSPS) is 18.4. The van der Waals surface area contributed by atoms with Crippen LogP contribution in [0.2, 0.25) is 5.02 Å². The van der Waals surface area contributed by atoms with E-state index in [2.05, 4.69) is 16.0 Å². The summed E-state index contributed by atoms with van der Waals surface area (Å²) in [4.78, 5) is 24.2. The summed E-state index contributed by atoms with van der Waals surface area (Å²) in [5, 5.41) is 9.50. The van der Waals surface area contributed by atoms with E-state index in [1.807, 2.05) is 38.1 Å². The van der Waals surface area contributed by atoms with Crippen molar-refractivity contribution < 1.29 is 14.3 Å². The van der Waals surface area contributed by atoms with Gasteiger partial charge in [0.1, 0.15) is 0 Å². The highest BCUT2D eigenvalue weighted by Gasteiger charge is 2.31. The number of carbonyl (C=O) groups excluding carboxylic acids is 2. The van der Waals surface area contributed by atoms with Crippen molar-refractivity contribution in [1.29, 1.82) is 0 Å². The monoisotopic (exact) mass is 365 g/mol. The first kappa shape index (κ1) is 19.3. The highest BCUT2D eigenvalue weighted by atomic mass is 35.5. The first-order chi connectivity index (χ1) is 12.0. The molecule has 6 nitrogen and oxygen atoms in total. The molecule has 2 amide bonds. The van der Waals surface area contributed by atoms with Crippen LogP contribution in [0.15, 0.2) is 35.5 Å². The summed E-state index contributed by atoms with van der Waals surface area (Å²) in [6, 6.07) is 6.91. The number of rotatable bonds is 7. The maximum atomic E-state index is 12.3. The average Bonchev–Trinajstić information content (AvgIpc) is 2.59. The lowest BCUT2D eigenvalue weighted by molar-refractivity contribution is -0.139. The lowest BCUT2D eigenvalue weighted by Gasteiger charge is -2.29. The minimum absolute atomic E-state index is 0.0278. The Labute approximate surface area is 153 Å². The number of ether oxygens (including phenoxy) is 1. The second-order valence-electron chi connectivity index (χ2n) is 5.83. The Hall–Kier alpha value is -2.05. The summed E-state index contributed by atoms with van der Waals surface area (Å²) in [5.41, 5.74) is 2.09. The fourth-order valence-corrected chi connectivity index (χ4v) is 2.85. The number of carbonyl (C=O) groups is 2. The zero-order chi connectivity index (χ0) is 18.4. The SMILES string of the molecule is CCOC(=O)C1=C(CN[C@@H](C)c2ccc(Cl)cc2)NC(=O)N[C@H]1CC. The van der Waals surface area contributed by atoms with Crippen LogP contribution >= 0.6 is 11.6 Å². The van der Waals surface area contributed by atoms with Crippen LogP contribution in [0.25, 0.3) is 0 Å². The first-order valence-corrected chi connectivity index (χ1v) is 8.80. The smallest absolute Gasteiger partial charge is 0.337 e. The molecule has 1 aliphatic heterocycles. The molecule has 136 valence electrons. The minimum Gasteiger partial charge on any atom is -0.463 e. The van der Waals surface area contributed by atoms with Crippen LogP contribution in [0.4, 0.5) is 4.79 Å². The van der Waals surface area contributed by atoms with Crippen LogP contribution in [-0.4, -0.2) is 31.2 Å². The van der Waals surface area contributed by atoms with Crippen molar-refractivity contribution in [3.8, 4) is 0 Å². The molecule has 0 bridgehead atoms. The molecular formula is C18H24ClN3O3. The van der Waals surface area contributed by atoms with Crippen molar-refractivity contribution in [2.45, 2.75) is 39.3 Å². The van der Waals surface area contributed by atoms with E-state index in [-0.39, 0.29) is 24.7 Å². The Kier molecular flexibility index (Phi) is 6.84. The molecule has 0 saturated carbocycles. The zero-order valence-corrected chi connectivity index (χ0v) is 15.4. The Morgan fingerprint density at radius 2 is 2.00 bits per heavy atom. The van der Waals surface area contributed by atoms with Crippen LogP contribution in [-0.2, 0) is 9.53 Å². The van der Waals surface area contributed by atoms with E-state index in [9.17, 15) is 9.59 Å². The number of hydrogen-bond donors (Lipinski definition) is 3. The zero-order valence-electron chi connectivity index (χ0n) is 14.7. The van der Waals surface area contributed by atoms with Crippen molar-refractivity contribution in [3.05, 3.63) is 46.1 Å². The molecule has 25 heavy (non-hydrogen) atoms. The molecule has 2 atom stereocenters. The minimum atomic E-state index is -0.405. The van der Waals surface area contributed by atoms with Gasteiger partial charge in [-0.2, -0.15) is 0 Å². The second kappa shape index (κ2) is 8.87. The fraction of sp³-hybridized carbons (Fsp3) is 0.444. The predicted molar refractivity (Wildman–Crippen MR) is 97.3 cm³/mol. The molecule has 0 aliphatic carbocycles. The highest BCUT2D eigenvalue weighted by Crippen LogP contribution is 2.19. The van der Waals surface area contributed by atoms with Gasteiger partial charge < -0.3 is 20.7 Å². The lowest BCUT2D eigenvalue weighted by atomic mass is 10.00. The maximum absolute atomic E-state index is 12.3. The van der Waals surface area contributed by atoms with Gasteiger partial charge in [-0.15, -0.1) is 0 Å². The quantitative estimate of drug-likeness (QED) is 0.649. The molecule has 0 radical (unpaired) electrons. The number of urea groups is 1. The van der Waals surface area contributed by atoms with Gasteiger partial charge in [0.15, 0.2) is 0 Å². The van der Waals surface area contributed by atoms with E-state index in [4.69, 9.17) is 16.3 Å². The van der Waals surface area contributed by atoms with Crippen molar-refractivity contribution in [2.24, 2.45) is 0 Å². The van der Waals surface area contributed by atoms with E-state index < -0.39 is 5.97 Å². The Balaban J connectivity index is 2.17. The van der Waals surface area contributed by atoms with E-state index in [1.165, 1.54) is 0 Å². The molecule has 1 heterocycles. The van der Waals surface area contributed by atoms with Crippen LogP contribution in [0.3, 0.4) is 0 Å². The van der Waals surface area contributed by atoms with Gasteiger partial charge in [0.25, 0.3) is 0 Å². The molecule has 0 spiro atoms. The number of hydrogen-bond acceptors (Lipinski definition) is 4. The topological polar surface area (TPSA) is 79.5 Å². The molecule has 1 aliphatic rings. The Morgan fingerprint density at radius 3 is 2.60 bits per heavy atom. The number of amides is 2. The number of nitrogens with one attached hydrogen (secondary N) is 3. The Morgan fingerprint density at radius 1 is 1.32 bits per heavy atom. The molecule has 0 unspecified atom stereocenters. The lowest BCUT2D eigenvalue weighted by Crippen LogP contribution is -2.51. The predicted octanol–water partition coefficient (Wildman–Crippen LogP) is 2.90. The molecule has 1 aromatic rings. The van der Waals surface area contributed by atoms with Crippen molar-refractivity contribution in [2.75, 3.05) is 13.2 Å². The molecule has 0 saturated heterocycles. The molecule has 7 heteroatoms. The summed E-state index contributed by atoms with van der Waals surface area (Å²) in [6.07, 6.45) is 0.609. The van der Waals surface area contributed by atoms with Crippen LogP contribution in [0.5, 0.6) is 0 Å². The largest absolute Gasteiger partial charge is 0.463 e. The van der Waals surface area contributed by atoms with Gasteiger partial charge in [-0.25, -0.2) is 9.59 Å². The van der Waals surface area contributed by atoms with Gasteiger partial charge in [-0.3, -0.25) is 0 Å². The third-order valence-electron chi connectivity index (χ3n) is 4.10. The van der Waals surface area contributed by atoms with Gasteiger partial charge in [-0.1, -0.05) is 30.7 Å². The molecule has 0 aromatic heterocycles. The molecular weight excluding hydrogens is 342 g/mol. The van der Waals surface area contributed by atoms with E-state index >= 15 is 0 Å². The highest BCUT2D eigenvalue weighted by molar-refractivity contribution is 6.30. The van der Waals surface area contributed by atoms with E-state index in [0.717, 1.165) is 5.56 Å². The van der Waals surface area contributed by atoms with Gasteiger partial charge in [-0.05, 0) is 38.0 Å². The fourth-order valence-electron chi connectivity index (χ4n) is 2.73. The molecule has 1 aromatic carbocycles. The third-order valence-corrected chi connectivity index (χ3v) is 4.35. The number of esters is 1. The van der Waals surface area contributed by atoms with Gasteiger partial charge >= 0.3 is 12.0 Å². The maximum Gasteiger partial charge on any atom is 0.337 e. The Bertz CT molecular complexity index is 658. The van der Waals surface area contributed by atoms with Crippen LogP contribution in [0, 0.1) is 0 Å². The molecule has 2 rings (SSSR count). The van der Waals surface area contributed by atoms with Gasteiger partial charge in [0.05, 0.1) is 18.2 Å². The summed E-state index contributed by atoms with van der Waals surface area (Å²) in [5.74, 6) is -0.405. The number of benzene rings is 1. The summed E-state index contributed by atoms with van der Waals surface area (Å²) < 4.78 is 5.15. The molecule has 0 fully saturated rings. The van der Waals surface area contributed by atoms with Crippen LogP contribution < -0.4 is 16.0 Å². The summed E-state index contributed by atoms with van der Waals surface area (Å²) >= 11 is 5.91. The average molecular weight is 366 g/mol. The van der Waals surface area contributed by atoms with Crippen LogP contribution in [0.1, 0.15) is 38.8 Å². The molecule has 3 N–H and O–H groups in total. The summed E-state index contributed by atoms with van der Waals surface area (Å²) in [7, 11) is 0. The van der Waals surface area contributed by atoms with Gasteiger partial charge in [0.2, 0.25) is 0 Å².